The van der Waals surface area contributed by atoms with Crippen LogP contribution in [0.15, 0.2) is 33.7 Å². The van der Waals surface area contributed by atoms with Gasteiger partial charge in [-0.3, -0.25) is 0 Å². The highest BCUT2D eigenvalue weighted by atomic mass is 79.9. The zero-order chi connectivity index (χ0) is 9.26. The van der Waals surface area contributed by atoms with Crippen LogP contribution in [0, 0.1) is 5.82 Å². The summed E-state index contributed by atoms with van der Waals surface area (Å²) < 4.78 is 13.7. The minimum Gasteiger partial charge on any atom is -0.246 e. The maximum atomic E-state index is 13.5. The van der Waals surface area contributed by atoms with Crippen molar-refractivity contribution in [3.8, 4) is 11.1 Å². The number of hydrogen-bond donors (Lipinski definition) is 0. The fraction of sp³-hybridized carbons (Fsp3) is 0. The van der Waals surface area contributed by atoms with Gasteiger partial charge in [-0.2, -0.15) is 11.3 Å². The molecule has 1 nitrogen and oxygen atoms in total. The molecule has 0 aliphatic rings. The van der Waals surface area contributed by atoms with Gasteiger partial charge in [-0.05, 0) is 44.4 Å². The average Bonchev–Trinajstić information content (AvgIpc) is 2.62. The monoisotopic (exact) mass is 257 g/mol. The van der Waals surface area contributed by atoms with Crippen molar-refractivity contribution in [3.63, 3.8) is 0 Å². The molecule has 0 aromatic carbocycles. The topological polar surface area (TPSA) is 12.9 Å². The summed E-state index contributed by atoms with van der Waals surface area (Å²) in [4.78, 5) is 3.79. The van der Waals surface area contributed by atoms with Gasteiger partial charge in [0.25, 0.3) is 0 Å². The maximum Gasteiger partial charge on any atom is 0.163 e. The van der Waals surface area contributed by atoms with Crippen LogP contribution in [0.1, 0.15) is 0 Å². The Kier molecular flexibility index (Phi) is 2.42. The van der Waals surface area contributed by atoms with Gasteiger partial charge in [-0.15, -0.1) is 0 Å². The fourth-order valence-electron chi connectivity index (χ4n) is 1.06. The van der Waals surface area contributed by atoms with Crippen LogP contribution >= 0.6 is 27.3 Å². The molecule has 0 bridgehead atoms. The molecule has 0 fully saturated rings. The van der Waals surface area contributed by atoms with Crippen LogP contribution in [0.2, 0.25) is 0 Å². The van der Waals surface area contributed by atoms with E-state index in [2.05, 4.69) is 20.9 Å². The Morgan fingerprint density at radius 1 is 1.38 bits per heavy atom. The lowest BCUT2D eigenvalue weighted by Crippen LogP contribution is -1.86. The van der Waals surface area contributed by atoms with E-state index < -0.39 is 0 Å². The van der Waals surface area contributed by atoms with E-state index in [4.69, 9.17) is 0 Å². The minimum atomic E-state index is -0.305. The van der Waals surface area contributed by atoms with E-state index in [0.29, 0.717) is 5.56 Å². The Bertz CT molecular complexity index is 414. The van der Waals surface area contributed by atoms with Crippen LogP contribution in [-0.4, -0.2) is 4.98 Å². The van der Waals surface area contributed by atoms with Crippen LogP contribution in [0.5, 0.6) is 0 Å². The fourth-order valence-corrected chi connectivity index (χ4v) is 2.05. The molecule has 2 aromatic rings. The number of thiophene rings is 1. The summed E-state index contributed by atoms with van der Waals surface area (Å²) in [6, 6.07) is 3.55. The van der Waals surface area contributed by atoms with Crippen molar-refractivity contribution in [2.24, 2.45) is 0 Å². The summed E-state index contributed by atoms with van der Waals surface area (Å²) in [7, 11) is 0. The van der Waals surface area contributed by atoms with Crippen molar-refractivity contribution in [1.29, 1.82) is 0 Å². The molecule has 2 rings (SSSR count). The summed E-state index contributed by atoms with van der Waals surface area (Å²) in [5.74, 6) is -0.305. The summed E-state index contributed by atoms with van der Waals surface area (Å²) in [5, 5.41) is 3.83. The zero-order valence-corrected chi connectivity index (χ0v) is 8.90. The first kappa shape index (κ1) is 8.84. The number of rotatable bonds is 1. The second-order valence-electron chi connectivity index (χ2n) is 2.48. The highest BCUT2D eigenvalue weighted by Gasteiger charge is 2.08. The van der Waals surface area contributed by atoms with Crippen molar-refractivity contribution in [3.05, 3.63) is 39.5 Å². The van der Waals surface area contributed by atoms with Crippen molar-refractivity contribution in [2.45, 2.75) is 0 Å². The number of hydrogen-bond acceptors (Lipinski definition) is 2. The molecule has 0 unspecified atom stereocenters. The SMILES string of the molecule is Fc1c(-c2ccsc2)ccnc1Br. The molecule has 13 heavy (non-hydrogen) atoms. The first-order valence-electron chi connectivity index (χ1n) is 3.61. The van der Waals surface area contributed by atoms with Crippen LogP contribution in [0.4, 0.5) is 4.39 Å². The third-order valence-corrected chi connectivity index (χ3v) is 2.91. The van der Waals surface area contributed by atoms with Crippen LogP contribution in [0.25, 0.3) is 11.1 Å². The Hall–Kier alpha value is -0.740. The second-order valence-corrected chi connectivity index (χ2v) is 4.01. The van der Waals surface area contributed by atoms with Gasteiger partial charge in [0.2, 0.25) is 0 Å². The normalized spacial score (nSPS) is 10.3. The van der Waals surface area contributed by atoms with Gasteiger partial charge in [-0.25, -0.2) is 9.37 Å². The Labute approximate surface area is 87.4 Å². The molecule has 66 valence electrons. The predicted molar refractivity (Wildman–Crippen MR) is 55.2 cm³/mol. The van der Waals surface area contributed by atoms with Crippen LogP contribution in [0.3, 0.4) is 0 Å². The first-order chi connectivity index (χ1) is 6.29. The van der Waals surface area contributed by atoms with Gasteiger partial charge in [0.1, 0.15) is 4.60 Å². The van der Waals surface area contributed by atoms with Crippen molar-refractivity contribution in [1.82, 2.24) is 4.98 Å². The molecular weight excluding hydrogens is 253 g/mol. The molecule has 0 aliphatic heterocycles. The lowest BCUT2D eigenvalue weighted by atomic mass is 10.1. The molecule has 0 amide bonds. The van der Waals surface area contributed by atoms with E-state index in [9.17, 15) is 4.39 Å². The highest BCUT2D eigenvalue weighted by molar-refractivity contribution is 9.10. The van der Waals surface area contributed by atoms with Gasteiger partial charge >= 0.3 is 0 Å². The largest absolute Gasteiger partial charge is 0.246 e. The minimum absolute atomic E-state index is 0.260. The van der Waals surface area contributed by atoms with E-state index in [1.807, 2.05) is 16.8 Å². The summed E-state index contributed by atoms with van der Waals surface area (Å²) in [6.45, 7) is 0. The molecular formula is C9H5BrFNS. The third kappa shape index (κ3) is 1.64. The van der Waals surface area contributed by atoms with E-state index in [-0.39, 0.29) is 10.4 Å². The Morgan fingerprint density at radius 2 is 2.23 bits per heavy atom. The summed E-state index contributed by atoms with van der Waals surface area (Å²) in [5.41, 5.74) is 1.48. The number of nitrogens with zero attached hydrogens (tertiary/aromatic N) is 1. The van der Waals surface area contributed by atoms with Crippen LogP contribution < -0.4 is 0 Å². The van der Waals surface area contributed by atoms with Gasteiger partial charge in [0, 0.05) is 11.8 Å². The molecule has 0 atom stereocenters. The number of halogens is 2. The van der Waals surface area contributed by atoms with Gasteiger partial charge < -0.3 is 0 Å². The lowest BCUT2D eigenvalue weighted by Gasteiger charge is -2.00. The maximum absolute atomic E-state index is 13.5. The van der Waals surface area contributed by atoms with Crippen LogP contribution in [-0.2, 0) is 0 Å². The zero-order valence-electron chi connectivity index (χ0n) is 6.50. The van der Waals surface area contributed by atoms with E-state index >= 15 is 0 Å². The quantitative estimate of drug-likeness (QED) is 0.710. The molecule has 0 aliphatic carbocycles. The van der Waals surface area contributed by atoms with E-state index in [1.165, 1.54) is 0 Å². The molecule has 0 saturated heterocycles. The third-order valence-electron chi connectivity index (χ3n) is 1.68. The van der Waals surface area contributed by atoms with Crippen molar-refractivity contribution in [2.75, 3.05) is 0 Å². The van der Waals surface area contributed by atoms with Gasteiger partial charge in [-0.1, -0.05) is 0 Å². The molecule has 0 radical (unpaired) electrons. The summed E-state index contributed by atoms with van der Waals surface area (Å²) in [6.07, 6.45) is 1.58. The highest BCUT2D eigenvalue weighted by Crippen LogP contribution is 2.27. The molecule has 0 spiro atoms. The smallest absolute Gasteiger partial charge is 0.163 e. The van der Waals surface area contributed by atoms with E-state index in [0.717, 1.165) is 5.56 Å². The summed E-state index contributed by atoms with van der Waals surface area (Å²) >= 11 is 4.60. The Balaban J connectivity index is 2.59. The van der Waals surface area contributed by atoms with Gasteiger partial charge in [0.05, 0.1) is 0 Å². The van der Waals surface area contributed by atoms with Crippen molar-refractivity contribution < 1.29 is 4.39 Å². The van der Waals surface area contributed by atoms with Gasteiger partial charge in [0.15, 0.2) is 5.82 Å². The Morgan fingerprint density at radius 3 is 2.92 bits per heavy atom. The molecule has 2 aromatic heterocycles. The molecule has 2 heterocycles. The molecule has 0 saturated carbocycles. The molecule has 0 N–H and O–H groups in total. The first-order valence-corrected chi connectivity index (χ1v) is 5.35. The standard InChI is InChI=1S/C9H5BrFNS/c10-9-8(11)7(1-3-12-9)6-2-4-13-5-6/h1-5H. The number of pyridine rings is 1. The molecule has 4 heteroatoms. The second kappa shape index (κ2) is 3.55. The van der Waals surface area contributed by atoms with Crippen molar-refractivity contribution >= 4 is 27.3 Å². The van der Waals surface area contributed by atoms with E-state index in [1.54, 1.807) is 23.6 Å². The average molecular weight is 258 g/mol. The number of aromatic nitrogens is 1. The predicted octanol–water partition coefficient (Wildman–Crippen LogP) is 3.71. The lowest BCUT2D eigenvalue weighted by molar-refractivity contribution is 0.616.